The zero-order chi connectivity index (χ0) is 23.5. The van der Waals surface area contributed by atoms with Crippen molar-refractivity contribution in [3.05, 3.63) is 34.1 Å². The predicted molar refractivity (Wildman–Crippen MR) is 114 cm³/mol. The Morgan fingerprint density at radius 1 is 1.09 bits per heavy atom. The molecule has 2 saturated carbocycles. The van der Waals surface area contributed by atoms with Crippen LogP contribution in [0.15, 0.2) is 12.1 Å². The summed E-state index contributed by atoms with van der Waals surface area (Å²) in [6.07, 6.45) is 0.107. The molecule has 0 spiro atoms. The molecule has 1 unspecified atom stereocenters. The first-order chi connectivity index (χ1) is 15.6. The molecule has 2 aromatic heterocycles. The van der Waals surface area contributed by atoms with Gasteiger partial charge < -0.3 is 10.0 Å². The van der Waals surface area contributed by atoms with Crippen molar-refractivity contribution in [1.29, 1.82) is 0 Å². The Hall–Kier alpha value is -2.13. The molecule has 1 aliphatic heterocycles. The van der Waals surface area contributed by atoms with Crippen molar-refractivity contribution in [2.75, 3.05) is 13.1 Å². The Morgan fingerprint density at radius 3 is 2.39 bits per heavy atom. The van der Waals surface area contributed by atoms with Crippen molar-refractivity contribution in [2.45, 2.75) is 63.1 Å². The number of piperidine rings is 1. The van der Waals surface area contributed by atoms with E-state index in [-0.39, 0.29) is 52.4 Å². The van der Waals surface area contributed by atoms with Gasteiger partial charge >= 0.3 is 6.18 Å². The van der Waals surface area contributed by atoms with E-state index in [0.717, 1.165) is 31.7 Å². The topological polar surface area (TPSA) is 74.9 Å². The van der Waals surface area contributed by atoms with Crippen molar-refractivity contribution in [2.24, 2.45) is 11.8 Å². The smallest absolute Gasteiger partial charge is 0.393 e. The third-order valence-electron chi connectivity index (χ3n) is 7.31. The number of aromatic nitrogens is 2. The number of aliphatic hydroxyl groups excluding tert-OH is 1. The van der Waals surface area contributed by atoms with Gasteiger partial charge in [-0.15, -0.1) is 0 Å². The molecule has 1 N–H and O–H groups in total. The predicted octanol–water partition coefficient (Wildman–Crippen LogP) is 4.47. The van der Waals surface area contributed by atoms with E-state index < -0.39 is 17.8 Å². The van der Waals surface area contributed by atoms with E-state index in [4.69, 9.17) is 11.6 Å². The number of likely N-dealkylation sites (tertiary alicyclic amines) is 1. The molecule has 3 aliphatic rings. The molecule has 6 nitrogen and oxygen atoms in total. The second-order valence-corrected chi connectivity index (χ2v) is 9.94. The number of rotatable bonds is 3. The van der Waals surface area contributed by atoms with Gasteiger partial charge in [0.15, 0.2) is 11.5 Å². The van der Waals surface area contributed by atoms with Crippen LogP contribution in [-0.2, 0) is 11.0 Å². The number of halogens is 4. The van der Waals surface area contributed by atoms with Crippen molar-refractivity contribution >= 4 is 28.8 Å². The van der Waals surface area contributed by atoms with Crippen molar-refractivity contribution in [1.82, 2.24) is 14.5 Å². The summed E-state index contributed by atoms with van der Waals surface area (Å²) in [5.41, 5.74) is -0.623. The van der Waals surface area contributed by atoms with Gasteiger partial charge in [0.2, 0.25) is 0 Å². The van der Waals surface area contributed by atoms with Crippen molar-refractivity contribution in [3.63, 3.8) is 0 Å². The van der Waals surface area contributed by atoms with Gasteiger partial charge in [-0.2, -0.15) is 18.3 Å². The molecule has 2 aromatic rings. The summed E-state index contributed by atoms with van der Waals surface area (Å²) in [7, 11) is 0. The van der Waals surface area contributed by atoms with Crippen LogP contribution in [0.3, 0.4) is 0 Å². The van der Waals surface area contributed by atoms with Crippen LogP contribution in [0.25, 0.3) is 5.52 Å². The van der Waals surface area contributed by atoms with Crippen LogP contribution in [0.2, 0.25) is 5.02 Å². The summed E-state index contributed by atoms with van der Waals surface area (Å²) in [5.74, 6) is -0.569. The molecular weight excluding hydrogens is 459 g/mol. The average Bonchev–Trinajstić information content (AvgIpc) is 3.57. The van der Waals surface area contributed by atoms with Gasteiger partial charge in [0.1, 0.15) is 5.69 Å². The maximum absolute atomic E-state index is 13.7. The first-order valence-electron chi connectivity index (χ1n) is 11.4. The maximum atomic E-state index is 13.7. The van der Waals surface area contributed by atoms with E-state index in [1.165, 1.54) is 4.90 Å². The molecule has 1 atom stereocenters. The van der Waals surface area contributed by atoms with Crippen molar-refractivity contribution in [3.8, 4) is 0 Å². The summed E-state index contributed by atoms with van der Waals surface area (Å²) in [4.78, 5) is 27.3. The highest BCUT2D eigenvalue weighted by molar-refractivity contribution is 6.36. The van der Waals surface area contributed by atoms with E-state index in [1.807, 2.05) is 0 Å². The Labute approximate surface area is 193 Å². The molecule has 1 amide bonds. The van der Waals surface area contributed by atoms with Gasteiger partial charge in [-0.25, -0.2) is 4.52 Å². The highest BCUT2D eigenvalue weighted by atomic mass is 35.5. The number of hydrogen-bond donors (Lipinski definition) is 1. The van der Waals surface area contributed by atoms with Crippen LogP contribution in [0, 0.1) is 11.8 Å². The van der Waals surface area contributed by atoms with Crippen LogP contribution in [-0.4, -0.2) is 50.5 Å². The van der Waals surface area contributed by atoms with Gasteiger partial charge in [0.05, 0.1) is 23.2 Å². The molecule has 2 aliphatic carbocycles. The quantitative estimate of drug-likeness (QED) is 0.699. The zero-order valence-electron chi connectivity index (χ0n) is 17.9. The molecule has 0 aromatic carbocycles. The lowest BCUT2D eigenvalue weighted by Crippen LogP contribution is -2.47. The lowest BCUT2D eigenvalue weighted by Gasteiger charge is -2.37. The minimum atomic E-state index is -4.65. The average molecular weight is 484 g/mol. The fourth-order valence-electron chi connectivity index (χ4n) is 5.30. The number of fused-ring (bicyclic) bond motifs is 1. The number of Topliss-reactive ketones (excluding diaryl/α,β-unsaturated/α-hetero) is 1. The maximum Gasteiger partial charge on any atom is 0.433 e. The monoisotopic (exact) mass is 483 g/mol. The van der Waals surface area contributed by atoms with Crippen LogP contribution in [0.4, 0.5) is 13.2 Å². The molecule has 5 rings (SSSR count). The fraction of sp³-hybridized carbons (Fsp3) is 0.609. The number of aliphatic hydroxyl groups is 1. The number of ketones is 1. The number of carbonyl (C=O) groups excluding carboxylic acids is 2. The molecule has 178 valence electrons. The number of pyridine rings is 1. The van der Waals surface area contributed by atoms with E-state index in [0.29, 0.717) is 35.9 Å². The molecule has 0 bridgehead atoms. The van der Waals surface area contributed by atoms with E-state index in [2.05, 4.69) is 5.10 Å². The first kappa shape index (κ1) is 22.7. The van der Waals surface area contributed by atoms with E-state index in [1.54, 1.807) is 6.07 Å². The fourth-order valence-corrected chi connectivity index (χ4v) is 5.55. The van der Waals surface area contributed by atoms with Gasteiger partial charge in [0, 0.05) is 12.5 Å². The van der Waals surface area contributed by atoms with Crippen LogP contribution >= 0.6 is 11.6 Å². The molecule has 0 radical (unpaired) electrons. The van der Waals surface area contributed by atoms with Crippen LogP contribution in [0.5, 0.6) is 0 Å². The Morgan fingerprint density at radius 2 is 1.79 bits per heavy atom. The molecule has 1 saturated heterocycles. The van der Waals surface area contributed by atoms with Gasteiger partial charge in [-0.3, -0.25) is 9.59 Å². The normalized spacial score (nSPS) is 26.8. The number of amides is 1. The minimum Gasteiger partial charge on any atom is -0.393 e. The highest BCUT2D eigenvalue weighted by Gasteiger charge is 2.40. The standard InChI is InChI=1S/C23H25ClF3N3O3/c24-20-17-9-14(12-1-2-12)10-19(23(25,26)27)30(17)28-21(20)22(33)29-8-7-16(18(32)11-29)13-3-5-15(31)6-4-13/h9-10,12-13,15-16,31H,1-8,11H2/t13-,15-,16?. The molecular formula is C23H25ClF3N3O3. The van der Waals surface area contributed by atoms with E-state index in [9.17, 15) is 27.9 Å². The second kappa shape index (κ2) is 8.27. The third-order valence-corrected chi connectivity index (χ3v) is 7.68. The van der Waals surface area contributed by atoms with Gasteiger partial charge in [0.25, 0.3) is 5.91 Å². The summed E-state index contributed by atoms with van der Waals surface area (Å²) in [5, 5.41) is 13.5. The molecule has 33 heavy (non-hydrogen) atoms. The Bertz CT molecular complexity index is 1100. The molecule has 3 fully saturated rings. The van der Waals surface area contributed by atoms with Crippen LogP contribution < -0.4 is 0 Å². The summed E-state index contributed by atoms with van der Waals surface area (Å²) in [6, 6.07) is 2.66. The Balaban J connectivity index is 1.40. The van der Waals surface area contributed by atoms with Gasteiger partial charge in [-0.05, 0) is 74.5 Å². The molecule has 10 heteroatoms. The lowest BCUT2D eigenvalue weighted by atomic mass is 9.74. The summed E-state index contributed by atoms with van der Waals surface area (Å²) < 4.78 is 41.8. The molecule has 3 heterocycles. The second-order valence-electron chi connectivity index (χ2n) is 9.56. The Kier molecular flexibility index (Phi) is 5.68. The van der Waals surface area contributed by atoms with E-state index >= 15 is 0 Å². The van der Waals surface area contributed by atoms with Gasteiger partial charge in [-0.1, -0.05) is 11.6 Å². The number of carbonyl (C=O) groups is 2. The number of alkyl halides is 3. The largest absolute Gasteiger partial charge is 0.433 e. The summed E-state index contributed by atoms with van der Waals surface area (Å²) >= 11 is 6.38. The van der Waals surface area contributed by atoms with Crippen molar-refractivity contribution < 1.29 is 27.9 Å². The third kappa shape index (κ3) is 4.25. The zero-order valence-corrected chi connectivity index (χ0v) is 18.7. The first-order valence-corrected chi connectivity index (χ1v) is 11.8. The number of nitrogens with zero attached hydrogens (tertiary/aromatic N) is 3. The summed E-state index contributed by atoms with van der Waals surface area (Å²) in [6.45, 7) is 0.212. The van der Waals surface area contributed by atoms with Crippen LogP contribution in [0.1, 0.15) is 72.6 Å². The number of hydrogen-bond acceptors (Lipinski definition) is 4. The lowest BCUT2D eigenvalue weighted by molar-refractivity contribution is -0.142. The SMILES string of the molecule is O=C1CN(C(=O)c2nn3c(C(F)(F)F)cc(C4CC4)cc3c2Cl)CCC1[C@H]1CC[C@H](O)CC1. The minimum absolute atomic E-state index is 0.0529. The highest BCUT2D eigenvalue weighted by Crippen LogP contribution is 2.43.